The number of hydrogen-bond donors (Lipinski definition) is 3. The first-order valence-electron chi connectivity index (χ1n) is 3.37. The third-order valence-corrected chi connectivity index (χ3v) is 1.77. The summed E-state index contributed by atoms with van der Waals surface area (Å²) in [5.74, 6) is -0.802. The van der Waals surface area contributed by atoms with Crippen LogP contribution in [0.5, 0.6) is 0 Å². The molecule has 2 amide bonds. The zero-order chi connectivity index (χ0) is 9.84. The van der Waals surface area contributed by atoms with Crippen LogP contribution in [0.2, 0.25) is 0 Å². The first-order chi connectivity index (χ1) is 6.11. The molecule has 0 saturated heterocycles. The van der Waals surface area contributed by atoms with E-state index in [1.807, 2.05) is 0 Å². The summed E-state index contributed by atoms with van der Waals surface area (Å²) >= 11 is 3.11. The molecule has 0 aromatic carbocycles. The molecular formula is C6H7BrN4O2. The number of carbonyl (C=O) groups is 2. The zero-order valence-corrected chi connectivity index (χ0v) is 8.31. The number of H-pyrrole nitrogens is 1. The Morgan fingerprint density at radius 3 is 2.69 bits per heavy atom. The summed E-state index contributed by atoms with van der Waals surface area (Å²) in [4.78, 5) is 21.6. The maximum absolute atomic E-state index is 11.2. The lowest BCUT2D eigenvalue weighted by Gasteiger charge is -2.02. The Kier molecular flexibility index (Phi) is 3.02. The van der Waals surface area contributed by atoms with Crippen LogP contribution in [0.1, 0.15) is 17.4 Å². The fraction of sp³-hybridized carbons (Fsp3) is 0.167. The fourth-order valence-corrected chi connectivity index (χ4v) is 1.01. The number of amides is 2. The van der Waals surface area contributed by atoms with E-state index in [0.717, 1.165) is 0 Å². The van der Waals surface area contributed by atoms with E-state index in [1.165, 1.54) is 13.1 Å². The van der Waals surface area contributed by atoms with E-state index in [4.69, 9.17) is 0 Å². The molecule has 1 rings (SSSR count). The SMILES string of the molecule is CC(=O)NNC(=O)c1[nH]ncc1Br. The lowest BCUT2D eigenvalue weighted by molar-refractivity contribution is -0.119. The van der Waals surface area contributed by atoms with E-state index in [1.54, 1.807) is 0 Å². The van der Waals surface area contributed by atoms with Crippen LogP contribution in [0.4, 0.5) is 0 Å². The van der Waals surface area contributed by atoms with Crippen LogP contribution in [0, 0.1) is 0 Å². The predicted octanol–water partition coefficient (Wildman–Crippen LogP) is -0.0469. The van der Waals surface area contributed by atoms with Crippen LogP contribution in [0.15, 0.2) is 10.7 Å². The number of carbonyl (C=O) groups excluding carboxylic acids is 2. The van der Waals surface area contributed by atoms with Gasteiger partial charge in [-0.05, 0) is 15.9 Å². The molecule has 6 nitrogen and oxygen atoms in total. The Bertz CT molecular complexity index is 335. The van der Waals surface area contributed by atoms with Gasteiger partial charge in [0.1, 0.15) is 5.69 Å². The van der Waals surface area contributed by atoms with Gasteiger partial charge in [0, 0.05) is 6.92 Å². The van der Waals surface area contributed by atoms with Gasteiger partial charge in [0.05, 0.1) is 10.7 Å². The van der Waals surface area contributed by atoms with Crippen LogP contribution in [0.25, 0.3) is 0 Å². The van der Waals surface area contributed by atoms with Gasteiger partial charge in [-0.3, -0.25) is 25.5 Å². The van der Waals surface area contributed by atoms with Crippen molar-refractivity contribution in [3.63, 3.8) is 0 Å². The maximum atomic E-state index is 11.2. The monoisotopic (exact) mass is 246 g/mol. The number of nitrogens with zero attached hydrogens (tertiary/aromatic N) is 1. The normalized spacial score (nSPS) is 9.38. The Morgan fingerprint density at radius 1 is 1.54 bits per heavy atom. The highest BCUT2D eigenvalue weighted by molar-refractivity contribution is 9.10. The summed E-state index contributed by atoms with van der Waals surface area (Å²) in [5, 5.41) is 6.09. The number of hydrogen-bond acceptors (Lipinski definition) is 3. The molecule has 1 aromatic heterocycles. The van der Waals surface area contributed by atoms with E-state index in [-0.39, 0.29) is 11.6 Å². The summed E-state index contributed by atoms with van der Waals surface area (Å²) in [6, 6.07) is 0. The van der Waals surface area contributed by atoms with Gasteiger partial charge in [-0.1, -0.05) is 0 Å². The van der Waals surface area contributed by atoms with Crippen LogP contribution < -0.4 is 10.9 Å². The van der Waals surface area contributed by atoms with E-state index >= 15 is 0 Å². The molecule has 13 heavy (non-hydrogen) atoms. The van der Waals surface area contributed by atoms with Gasteiger partial charge in [0.25, 0.3) is 5.91 Å². The standard InChI is InChI=1S/C6H7BrN4O2/c1-3(12)9-11-6(13)5-4(7)2-8-10-5/h2H,1H3,(H,8,10)(H,9,12)(H,11,13). The molecule has 1 aromatic rings. The average Bonchev–Trinajstić information content (AvgIpc) is 2.47. The van der Waals surface area contributed by atoms with Gasteiger partial charge in [0.15, 0.2) is 0 Å². The molecule has 0 atom stereocenters. The Balaban J connectivity index is 2.59. The summed E-state index contributed by atoms with van der Waals surface area (Å²) in [5.41, 5.74) is 4.60. The smallest absolute Gasteiger partial charge is 0.274 e. The Morgan fingerprint density at radius 2 is 2.23 bits per heavy atom. The third kappa shape index (κ3) is 2.55. The van der Waals surface area contributed by atoms with Gasteiger partial charge in [0.2, 0.25) is 5.91 Å². The molecule has 3 N–H and O–H groups in total. The largest absolute Gasteiger partial charge is 0.288 e. The van der Waals surface area contributed by atoms with Crippen LogP contribution in [-0.2, 0) is 4.79 Å². The number of nitrogens with one attached hydrogen (secondary N) is 3. The first kappa shape index (κ1) is 9.72. The molecule has 0 bridgehead atoms. The second kappa shape index (κ2) is 4.04. The Labute approximate surface area is 82.2 Å². The maximum Gasteiger partial charge on any atom is 0.288 e. The molecule has 0 spiro atoms. The molecule has 0 saturated carbocycles. The van der Waals surface area contributed by atoms with Crippen molar-refractivity contribution in [3.05, 3.63) is 16.4 Å². The highest BCUT2D eigenvalue weighted by Crippen LogP contribution is 2.11. The molecule has 0 aliphatic carbocycles. The van der Waals surface area contributed by atoms with E-state index < -0.39 is 5.91 Å². The lowest BCUT2D eigenvalue weighted by atomic mass is 10.4. The quantitative estimate of drug-likeness (QED) is 0.608. The van der Waals surface area contributed by atoms with Crippen LogP contribution in [0.3, 0.4) is 0 Å². The minimum absolute atomic E-state index is 0.258. The van der Waals surface area contributed by atoms with E-state index in [2.05, 4.69) is 37.0 Å². The van der Waals surface area contributed by atoms with Crippen molar-refractivity contribution in [2.45, 2.75) is 6.92 Å². The van der Waals surface area contributed by atoms with Crippen molar-refractivity contribution in [3.8, 4) is 0 Å². The third-order valence-electron chi connectivity index (χ3n) is 1.17. The van der Waals surface area contributed by atoms with Crippen molar-refractivity contribution in [2.75, 3.05) is 0 Å². The van der Waals surface area contributed by atoms with Crippen molar-refractivity contribution in [1.29, 1.82) is 0 Å². The minimum Gasteiger partial charge on any atom is -0.274 e. The van der Waals surface area contributed by atoms with Gasteiger partial charge in [-0.15, -0.1) is 0 Å². The van der Waals surface area contributed by atoms with Crippen LogP contribution in [-0.4, -0.2) is 22.0 Å². The number of hydrazine groups is 1. The van der Waals surface area contributed by atoms with Gasteiger partial charge < -0.3 is 0 Å². The number of halogens is 1. The van der Waals surface area contributed by atoms with Gasteiger partial charge >= 0.3 is 0 Å². The summed E-state index contributed by atoms with van der Waals surface area (Å²) in [6.07, 6.45) is 1.45. The molecule has 0 fully saturated rings. The van der Waals surface area contributed by atoms with E-state index in [0.29, 0.717) is 4.47 Å². The number of aromatic amines is 1. The Hall–Kier alpha value is -1.37. The molecule has 0 radical (unpaired) electrons. The zero-order valence-electron chi connectivity index (χ0n) is 6.72. The molecule has 70 valence electrons. The lowest BCUT2D eigenvalue weighted by Crippen LogP contribution is -2.40. The molecule has 0 aliphatic heterocycles. The average molecular weight is 247 g/mol. The summed E-state index contributed by atoms with van der Waals surface area (Å²) in [6.45, 7) is 1.29. The van der Waals surface area contributed by atoms with Crippen molar-refractivity contribution < 1.29 is 9.59 Å². The minimum atomic E-state index is -0.459. The topological polar surface area (TPSA) is 86.9 Å². The van der Waals surface area contributed by atoms with Gasteiger partial charge in [-0.25, -0.2) is 0 Å². The molecular weight excluding hydrogens is 240 g/mol. The molecule has 0 aliphatic rings. The van der Waals surface area contributed by atoms with Crippen molar-refractivity contribution >= 4 is 27.7 Å². The summed E-state index contributed by atoms with van der Waals surface area (Å²) < 4.78 is 0.537. The molecule has 0 unspecified atom stereocenters. The molecule has 7 heteroatoms. The first-order valence-corrected chi connectivity index (χ1v) is 4.16. The van der Waals surface area contributed by atoms with Crippen LogP contribution >= 0.6 is 15.9 Å². The second-order valence-electron chi connectivity index (χ2n) is 2.23. The van der Waals surface area contributed by atoms with Gasteiger partial charge in [-0.2, -0.15) is 5.10 Å². The van der Waals surface area contributed by atoms with Crippen molar-refractivity contribution in [1.82, 2.24) is 21.0 Å². The second-order valence-corrected chi connectivity index (χ2v) is 3.08. The van der Waals surface area contributed by atoms with E-state index in [9.17, 15) is 9.59 Å². The highest BCUT2D eigenvalue weighted by atomic mass is 79.9. The highest BCUT2D eigenvalue weighted by Gasteiger charge is 2.11. The number of rotatable bonds is 1. The van der Waals surface area contributed by atoms with Crippen molar-refractivity contribution in [2.24, 2.45) is 0 Å². The number of aromatic nitrogens is 2. The predicted molar refractivity (Wildman–Crippen MR) is 47.6 cm³/mol. The fourth-order valence-electron chi connectivity index (χ4n) is 0.638. The molecule has 1 heterocycles. The summed E-state index contributed by atoms with van der Waals surface area (Å²) in [7, 11) is 0.